The largest absolute Gasteiger partial charge is 0.493 e. The van der Waals surface area contributed by atoms with Crippen LogP contribution in [-0.4, -0.2) is 24.7 Å². The quantitative estimate of drug-likeness (QED) is 0.311. The van der Waals surface area contributed by atoms with Crippen molar-refractivity contribution in [1.29, 1.82) is 0 Å². The number of anilines is 1. The number of non-ortho nitro benzene ring substituents is 1. The summed E-state index contributed by atoms with van der Waals surface area (Å²) in [5.74, 6) is 1.79. The number of amides is 2. The number of hydrogen-bond acceptors (Lipinski definition) is 5. The Kier molecular flexibility index (Phi) is 8.46. The molecule has 2 amide bonds. The summed E-state index contributed by atoms with van der Waals surface area (Å²) in [7, 11) is 1.57. The lowest BCUT2D eigenvalue weighted by atomic mass is 10.1. The molecule has 0 aromatic heterocycles. The molecule has 0 radical (unpaired) electrons. The summed E-state index contributed by atoms with van der Waals surface area (Å²) in [5, 5.41) is 16.3. The molecule has 0 saturated carbocycles. The van der Waals surface area contributed by atoms with Gasteiger partial charge >= 0.3 is 6.03 Å². The molecule has 0 fully saturated rings. The number of ether oxygens (including phenoxy) is 2. The zero-order valence-corrected chi connectivity index (χ0v) is 17.8. The van der Waals surface area contributed by atoms with E-state index in [0.717, 1.165) is 18.4 Å². The predicted molar refractivity (Wildman–Crippen MR) is 116 cm³/mol. The van der Waals surface area contributed by atoms with Gasteiger partial charge in [0.2, 0.25) is 0 Å². The molecule has 2 aromatic carbocycles. The maximum atomic E-state index is 12.4. The number of methoxy groups -OCH3 is 1. The lowest BCUT2D eigenvalue weighted by Gasteiger charge is -2.16. The smallest absolute Gasteiger partial charge is 0.319 e. The number of carbonyl (C=O) groups is 1. The Bertz CT molecular complexity index is 852. The minimum absolute atomic E-state index is 0.00885. The number of nitrogens with zero attached hydrogens (tertiary/aromatic N) is 1. The van der Waals surface area contributed by atoms with Crippen LogP contribution in [0.5, 0.6) is 11.5 Å². The Balaban J connectivity index is 1.96. The van der Waals surface area contributed by atoms with Crippen LogP contribution < -0.4 is 20.1 Å². The summed E-state index contributed by atoms with van der Waals surface area (Å²) in [4.78, 5) is 22.7. The average Bonchev–Trinajstić information content (AvgIpc) is 2.71. The van der Waals surface area contributed by atoms with Gasteiger partial charge in [-0.15, -0.1) is 0 Å². The third-order valence-electron chi connectivity index (χ3n) is 4.56. The number of urea groups is 1. The van der Waals surface area contributed by atoms with Crippen molar-refractivity contribution in [2.45, 2.75) is 39.7 Å². The van der Waals surface area contributed by atoms with Crippen molar-refractivity contribution in [3.8, 4) is 11.5 Å². The van der Waals surface area contributed by atoms with Crippen molar-refractivity contribution in [3.63, 3.8) is 0 Å². The number of benzene rings is 2. The second-order valence-electron chi connectivity index (χ2n) is 7.42. The first-order chi connectivity index (χ1) is 14.3. The Labute approximate surface area is 176 Å². The van der Waals surface area contributed by atoms with Crippen molar-refractivity contribution >= 4 is 17.4 Å². The van der Waals surface area contributed by atoms with Crippen LogP contribution in [0.1, 0.15) is 45.2 Å². The molecule has 8 heteroatoms. The first-order valence-electron chi connectivity index (χ1n) is 9.93. The van der Waals surface area contributed by atoms with E-state index in [1.54, 1.807) is 44.4 Å². The summed E-state index contributed by atoms with van der Waals surface area (Å²) in [6.45, 7) is 6.71. The fourth-order valence-corrected chi connectivity index (χ4v) is 2.87. The number of rotatable bonds is 10. The number of hydrogen-bond donors (Lipinski definition) is 2. The zero-order chi connectivity index (χ0) is 22.1. The van der Waals surface area contributed by atoms with Crippen LogP contribution in [0.25, 0.3) is 0 Å². The Morgan fingerprint density at radius 1 is 1.10 bits per heavy atom. The fourth-order valence-electron chi connectivity index (χ4n) is 2.87. The summed E-state index contributed by atoms with van der Waals surface area (Å²) in [6, 6.07) is 10.6. The van der Waals surface area contributed by atoms with Crippen LogP contribution in [0.3, 0.4) is 0 Å². The van der Waals surface area contributed by atoms with Crippen molar-refractivity contribution in [2.24, 2.45) is 5.92 Å². The van der Waals surface area contributed by atoms with Crippen LogP contribution in [0.4, 0.5) is 16.2 Å². The molecule has 2 rings (SSSR count). The topological polar surface area (TPSA) is 103 Å². The van der Waals surface area contributed by atoms with Crippen LogP contribution in [0.2, 0.25) is 0 Å². The van der Waals surface area contributed by atoms with Crippen LogP contribution in [0, 0.1) is 16.0 Å². The number of nitro benzene ring substituents is 1. The van der Waals surface area contributed by atoms with E-state index in [2.05, 4.69) is 24.5 Å². The van der Waals surface area contributed by atoms with Gasteiger partial charge in [-0.3, -0.25) is 10.1 Å². The Hall–Kier alpha value is -3.29. The molecule has 0 heterocycles. The highest BCUT2D eigenvalue weighted by atomic mass is 16.6. The molecule has 0 aliphatic carbocycles. The van der Waals surface area contributed by atoms with E-state index >= 15 is 0 Å². The van der Waals surface area contributed by atoms with E-state index in [1.807, 2.05) is 0 Å². The van der Waals surface area contributed by atoms with E-state index in [1.165, 1.54) is 12.1 Å². The van der Waals surface area contributed by atoms with E-state index in [-0.39, 0.29) is 11.7 Å². The lowest BCUT2D eigenvalue weighted by molar-refractivity contribution is -0.384. The zero-order valence-electron chi connectivity index (χ0n) is 17.8. The number of nitro groups is 1. The molecule has 0 saturated heterocycles. The minimum Gasteiger partial charge on any atom is -0.493 e. The van der Waals surface area contributed by atoms with Crippen LogP contribution in [-0.2, 0) is 0 Å². The van der Waals surface area contributed by atoms with Gasteiger partial charge in [0, 0.05) is 23.9 Å². The SMILES string of the molecule is COc1ccc(NC(=O)N[C@@H](C)c2ccc([N+](=O)[O-])cc2)cc1OCCCC(C)C. The van der Waals surface area contributed by atoms with Gasteiger partial charge in [-0.05, 0) is 43.4 Å². The van der Waals surface area contributed by atoms with Gasteiger partial charge < -0.3 is 20.1 Å². The molecule has 1 atom stereocenters. The van der Waals surface area contributed by atoms with E-state index < -0.39 is 11.0 Å². The number of nitrogens with one attached hydrogen (secondary N) is 2. The molecule has 2 N–H and O–H groups in total. The highest BCUT2D eigenvalue weighted by Crippen LogP contribution is 2.30. The molecule has 0 bridgehead atoms. The highest BCUT2D eigenvalue weighted by molar-refractivity contribution is 5.89. The van der Waals surface area contributed by atoms with Crippen LogP contribution >= 0.6 is 0 Å². The summed E-state index contributed by atoms with van der Waals surface area (Å²) >= 11 is 0. The Morgan fingerprint density at radius 2 is 1.80 bits per heavy atom. The Morgan fingerprint density at radius 3 is 2.40 bits per heavy atom. The normalized spacial score (nSPS) is 11.6. The first-order valence-corrected chi connectivity index (χ1v) is 9.93. The maximum Gasteiger partial charge on any atom is 0.319 e. The minimum atomic E-state index is -0.458. The molecular formula is C22H29N3O5. The summed E-state index contributed by atoms with van der Waals surface area (Å²) in [5.41, 5.74) is 1.34. The van der Waals surface area contributed by atoms with Gasteiger partial charge in [0.1, 0.15) is 0 Å². The van der Waals surface area contributed by atoms with Crippen LogP contribution in [0.15, 0.2) is 42.5 Å². The molecule has 162 valence electrons. The van der Waals surface area contributed by atoms with Gasteiger partial charge in [-0.1, -0.05) is 26.0 Å². The second-order valence-corrected chi connectivity index (χ2v) is 7.42. The highest BCUT2D eigenvalue weighted by Gasteiger charge is 2.13. The third-order valence-corrected chi connectivity index (χ3v) is 4.56. The molecule has 0 aliphatic rings. The van der Waals surface area contributed by atoms with Crippen molar-refractivity contribution in [2.75, 3.05) is 19.0 Å². The lowest BCUT2D eigenvalue weighted by Crippen LogP contribution is -2.31. The van der Waals surface area contributed by atoms with E-state index in [9.17, 15) is 14.9 Å². The van der Waals surface area contributed by atoms with Crippen molar-refractivity contribution in [1.82, 2.24) is 5.32 Å². The fraction of sp³-hybridized carbons (Fsp3) is 0.409. The second kappa shape index (κ2) is 11.0. The molecule has 8 nitrogen and oxygen atoms in total. The average molecular weight is 415 g/mol. The van der Waals surface area contributed by atoms with Crippen molar-refractivity contribution in [3.05, 3.63) is 58.1 Å². The van der Waals surface area contributed by atoms with E-state index in [0.29, 0.717) is 29.7 Å². The molecular weight excluding hydrogens is 386 g/mol. The monoisotopic (exact) mass is 415 g/mol. The third kappa shape index (κ3) is 6.95. The molecule has 0 unspecified atom stereocenters. The van der Waals surface area contributed by atoms with Gasteiger partial charge in [0.05, 0.1) is 24.7 Å². The standard InChI is InChI=1S/C22H29N3O5/c1-15(2)6-5-13-30-21-14-18(9-12-20(21)29-4)24-22(26)23-16(3)17-7-10-19(11-8-17)25(27)28/h7-12,14-16H,5-6,13H2,1-4H3,(H2,23,24,26)/t16-/m0/s1. The van der Waals surface area contributed by atoms with Gasteiger partial charge in [-0.25, -0.2) is 4.79 Å². The van der Waals surface area contributed by atoms with E-state index in [4.69, 9.17) is 9.47 Å². The predicted octanol–water partition coefficient (Wildman–Crippen LogP) is 5.30. The van der Waals surface area contributed by atoms with Gasteiger partial charge in [0.15, 0.2) is 11.5 Å². The van der Waals surface area contributed by atoms with Gasteiger partial charge in [-0.2, -0.15) is 0 Å². The van der Waals surface area contributed by atoms with Gasteiger partial charge in [0.25, 0.3) is 5.69 Å². The van der Waals surface area contributed by atoms with Crippen molar-refractivity contribution < 1.29 is 19.2 Å². The maximum absolute atomic E-state index is 12.4. The molecule has 2 aromatic rings. The summed E-state index contributed by atoms with van der Waals surface area (Å²) < 4.78 is 11.2. The summed E-state index contributed by atoms with van der Waals surface area (Å²) in [6.07, 6.45) is 2.01. The molecule has 30 heavy (non-hydrogen) atoms. The first kappa shape index (κ1) is 23.0. The molecule has 0 aliphatic heterocycles. The molecule has 0 spiro atoms. The number of carbonyl (C=O) groups excluding carboxylic acids is 1.